The summed E-state index contributed by atoms with van der Waals surface area (Å²) in [4.78, 5) is 0. The Labute approximate surface area is 109 Å². The van der Waals surface area contributed by atoms with Crippen LogP contribution in [-0.4, -0.2) is 13.7 Å². The van der Waals surface area contributed by atoms with Gasteiger partial charge in [0.05, 0.1) is 12.1 Å². The molecule has 1 atom stereocenters. The molecule has 0 amide bonds. The van der Waals surface area contributed by atoms with Crippen LogP contribution in [-0.2, 0) is 6.54 Å². The van der Waals surface area contributed by atoms with Gasteiger partial charge in [-0.2, -0.15) is 0 Å². The van der Waals surface area contributed by atoms with Crippen molar-refractivity contribution < 1.29 is 4.74 Å². The van der Waals surface area contributed by atoms with Crippen LogP contribution in [0.3, 0.4) is 0 Å². The Hall–Kier alpha value is -0.730. The molecule has 0 spiro atoms. The minimum absolute atomic E-state index is 0.670. The molecule has 0 fully saturated rings. The third-order valence-corrected chi connectivity index (χ3v) is 3.45. The van der Waals surface area contributed by atoms with E-state index in [4.69, 9.17) is 16.3 Å². The van der Waals surface area contributed by atoms with Crippen LogP contribution in [0, 0.1) is 11.8 Å². The van der Waals surface area contributed by atoms with Crippen molar-refractivity contribution in [2.45, 2.75) is 27.3 Å². The molecule has 0 aliphatic carbocycles. The van der Waals surface area contributed by atoms with E-state index in [1.807, 2.05) is 18.2 Å². The predicted octanol–water partition coefficient (Wildman–Crippen LogP) is 3.73. The van der Waals surface area contributed by atoms with Gasteiger partial charge in [0.25, 0.3) is 0 Å². The molecule has 1 rings (SSSR count). The second-order valence-corrected chi connectivity index (χ2v) is 5.23. The molecule has 1 unspecified atom stereocenters. The SMILES string of the molecule is COc1ccc(CNCC(C)C(C)C)cc1Cl. The van der Waals surface area contributed by atoms with E-state index in [0.717, 1.165) is 18.8 Å². The van der Waals surface area contributed by atoms with Gasteiger partial charge in [-0.3, -0.25) is 0 Å². The van der Waals surface area contributed by atoms with Crippen molar-refractivity contribution in [1.82, 2.24) is 5.32 Å². The summed E-state index contributed by atoms with van der Waals surface area (Å²) in [6, 6.07) is 5.90. The lowest BCUT2D eigenvalue weighted by molar-refractivity contribution is 0.392. The number of ether oxygens (including phenoxy) is 1. The first-order valence-electron chi connectivity index (χ1n) is 6.07. The van der Waals surface area contributed by atoms with Gasteiger partial charge >= 0.3 is 0 Å². The number of benzene rings is 1. The summed E-state index contributed by atoms with van der Waals surface area (Å²) in [6.45, 7) is 8.63. The van der Waals surface area contributed by atoms with E-state index >= 15 is 0 Å². The van der Waals surface area contributed by atoms with E-state index in [2.05, 4.69) is 26.1 Å². The predicted molar refractivity (Wildman–Crippen MR) is 73.7 cm³/mol. The largest absolute Gasteiger partial charge is 0.495 e. The second-order valence-electron chi connectivity index (χ2n) is 4.82. The van der Waals surface area contributed by atoms with Crippen molar-refractivity contribution in [3.63, 3.8) is 0 Å². The lowest BCUT2D eigenvalue weighted by Gasteiger charge is -2.16. The summed E-state index contributed by atoms with van der Waals surface area (Å²) in [7, 11) is 1.63. The number of methoxy groups -OCH3 is 1. The van der Waals surface area contributed by atoms with Crippen LogP contribution in [0.25, 0.3) is 0 Å². The monoisotopic (exact) mass is 255 g/mol. The summed E-state index contributed by atoms with van der Waals surface area (Å²) in [5, 5.41) is 4.12. The molecule has 0 aliphatic heterocycles. The molecule has 96 valence electrons. The summed E-state index contributed by atoms with van der Waals surface area (Å²) < 4.78 is 5.12. The maximum absolute atomic E-state index is 6.07. The Kier molecular flexibility index (Phi) is 5.79. The van der Waals surface area contributed by atoms with Gasteiger partial charge in [0, 0.05) is 6.54 Å². The average Bonchev–Trinajstić information content (AvgIpc) is 2.29. The summed E-state index contributed by atoms with van der Waals surface area (Å²) in [6.07, 6.45) is 0. The fraction of sp³-hybridized carbons (Fsp3) is 0.571. The van der Waals surface area contributed by atoms with Gasteiger partial charge in [-0.05, 0) is 36.1 Å². The molecule has 2 nitrogen and oxygen atoms in total. The summed E-state index contributed by atoms with van der Waals surface area (Å²) in [5.41, 5.74) is 1.19. The second kappa shape index (κ2) is 6.87. The van der Waals surface area contributed by atoms with Gasteiger partial charge in [-0.15, -0.1) is 0 Å². The van der Waals surface area contributed by atoms with Crippen LogP contribution in [0.2, 0.25) is 5.02 Å². The zero-order valence-electron chi connectivity index (χ0n) is 11.1. The summed E-state index contributed by atoms with van der Waals surface area (Å²) >= 11 is 6.07. The fourth-order valence-corrected chi connectivity index (χ4v) is 1.78. The molecule has 1 N–H and O–H groups in total. The number of hydrogen-bond acceptors (Lipinski definition) is 2. The number of nitrogens with one attached hydrogen (secondary N) is 1. The van der Waals surface area contributed by atoms with E-state index in [9.17, 15) is 0 Å². The molecule has 0 radical (unpaired) electrons. The van der Waals surface area contributed by atoms with E-state index in [0.29, 0.717) is 16.9 Å². The maximum atomic E-state index is 6.07. The molecular weight excluding hydrogens is 234 g/mol. The van der Waals surface area contributed by atoms with Crippen molar-refractivity contribution in [3.8, 4) is 5.75 Å². The van der Waals surface area contributed by atoms with Crippen LogP contribution in [0.1, 0.15) is 26.3 Å². The molecule has 1 aromatic carbocycles. The quantitative estimate of drug-likeness (QED) is 0.836. The van der Waals surface area contributed by atoms with Crippen molar-refractivity contribution in [2.24, 2.45) is 11.8 Å². The first-order valence-corrected chi connectivity index (χ1v) is 6.45. The maximum Gasteiger partial charge on any atom is 0.137 e. The van der Waals surface area contributed by atoms with E-state index in [1.165, 1.54) is 5.56 Å². The molecule has 0 heterocycles. The number of rotatable bonds is 6. The van der Waals surface area contributed by atoms with Gasteiger partial charge in [0.1, 0.15) is 5.75 Å². The molecule has 0 saturated carbocycles. The van der Waals surface area contributed by atoms with Crippen molar-refractivity contribution >= 4 is 11.6 Å². The highest BCUT2D eigenvalue weighted by Crippen LogP contribution is 2.24. The van der Waals surface area contributed by atoms with Crippen molar-refractivity contribution in [2.75, 3.05) is 13.7 Å². The highest BCUT2D eigenvalue weighted by molar-refractivity contribution is 6.32. The molecular formula is C14H22ClNO. The molecule has 3 heteroatoms. The molecule has 1 aromatic rings. The third kappa shape index (κ3) is 4.57. The van der Waals surface area contributed by atoms with Gasteiger partial charge in [0.15, 0.2) is 0 Å². The average molecular weight is 256 g/mol. The lowest BCUT2D eigenvalue weighted by Crippen LogP contribution is -2.23. The smallest absolute Gasteiger partial charge is 0.137 e. The zero-order valence-corrected chi connectivity index (χ0v) is 11.8. The third-order valence-electron chi connectivity index (χ3n) is 3.15. The Morgan fingerprint density at radius 1 is 1.29 bits per heavy atom. The van der Waals surface area contributed by atoms with Gasteiger partial charge in [-0.25, -0.2) is 0 Å². The molecule has 17 heavy (non-hydrogen) atoms. The Morgan fingerprint density at radius 2 is 2.00 bits per heavy atom. The van der Waals surface area contributed by atoms with Crippen LogP contribution in [0.4, 0.5) is 0 Å². The van der Waals surface area contributed by atoms with E-state index < -0.39 is 0 Å². The minimum atomic E-state index is 0.670. The minimum Gasteiger partial charge on any atom is -0.495 e. The lowest BCUT2D eigenvalue weighted by atomic mass is 9.98. The van der Waals surface area contributed by atoms with Crippen LogP contribution < -0.4 is 10.1 Å². The Bertz CT molecular complexity index is 352. The van der Waals surface area contributed by atoms with Crippen LogP contribution in [0.15, 0.2) is 18.2 Å². The van der Waals surface area contributed by atoms with Crippen LogP contribution in [0.5, 0.6) is 5.75 Å². The molecule has 0 aromatic heterocycles. The zero-order chi connectivity index (χ0) is 12.8. The highest BCUT2D eigenvalue weighted by Gasteiger charge is 2.06. The fourth-order valence-electron chi connectivity index (χ4n) is 1.50. The number of hydrogen-bond donors (Lipinski definition) is 1. The topological polar surface area (TPSA) is 21.3 Å². The van der Waals surface area contributed by atoms with Gasteiger partial charge in [-0.1, -0.05) is 38.4 Å². The normalized spacial score (nSPS) is 12.8. The van der Waals surface area contributed by atoms with Crippen molar-refractivity contribution in [3.05, 3.63) is 28.8 Å². The summed E-state index contributed by atoms with van der Waals surface area (Å²) in [5.74, 6) is 2.12. The first kappa shape index (κ1) is 14.3. The molecule has 0 saturated heterocycles. The van der Waals surface area contributed by atoms with Gasteiger partial charge < -0.3 is 10.1 Å². The van der Waals surface area contributed by atoms with E-state index in [-0.39, 0.29) is 0 Å². The number of halogens is 1. The molecule has 0 aliphatic rings. The molecule has 0 bridgehead atoms. The van der Waals surface area contributed by atoms with Gasteiger partial charge in [0.2, 0.25) is 0 Å². The standard InChI is InChI=1S/C14H22ClNO/c1-10(2)11(3)8-16-9-12-5-6-14(17-4)13(15)7-12/h5-7,10-11,16H,8-9H2,1-4H3. The first-order chi connectivity index (χ1) is 8.04. The van der Waals surface area contributed by atoms with Crippen LogP contribution >= 0.6 is 11.6 Å². The van der Waals surface area contributed by atoms with E-state index in [1.54, 1.807) is 7.11 Å². The Morgan fingerprint density at radius 3 is 2.53 bits per heavy atom. The Balaban J connectivity index is 2.45. The highest BCUT2D eigenvalue weighted by atomic mass is 35.5. The van der Waals surface area contributed by atoms with Crippen molar-refractivity contribution in [1.29, 1.82) is 0 Å².